The van der Waals surface area contributed by atoms with Gasteiger partial charge in [-0.15, -0.1) is 11.3 Å². The molecule has 2 aliphatic rings. The zero-order valence-corrected chi connectivity index (χ0v) is 10.8. The highest BCUT2D eigenvalue weighted by Crippen LogP contribution is 2.58. The number of amides is 1. The van der Waals surface area contributed by atoms with Gasteiger partial charge in [0.2, 0.25) is 5.91 Å². The molecule has 5 heteroatoms. The number of nitrogens with zero attached hydrogens (tertiary/aromatic N) is 1. The number of nitriles is 1. The van der Waals surface area contributed by atoms with E-state index in [-0.39, 0.29) is 17.2 Å². The van der Waals surface area contributed by atoms with Crippen LogP contribution in [0, 0.1) is 22.7 Å². The number of piperidine rings is 1. The van der Waals surface area contributed by atoms with Crippen LogP contribution in [0.2, 0.25) is 0 Å². The van der Waals surface area contributed by atoms with Crippen molar-refractivity contribution in [2.45, 2.75) is 19.3 Å². The summed E-state index contributed by atoms with van der Waals surface area (Å²) in [5, 5.41) is 17.7. The zero-order chi connectivity index (χ0) is 12.6. The Bertz CT molecular complexity index is 511. The molecule has 1 spiro atoms. The van der Waals surface area contributed by atoms with Crippen molar-refractivity contribution in [1.29, 1.82) is 5.26 Å². The van der Waals surface area contributed by atoms with Gasteiger partial charge in [-0.1, -0.05) is 0 Å². The predicted octanol–water partition coefficient (Wildman–Crippen LogP) is 1.95. The molecule has 1 amide bonds. The van der Waals surface area contributed by atoms with Crippen molar-refractivity contribution in [2.24, 2.45) is 11.3 Å². The second kappa shape index (κ2) is 4.38. The summed E-state index contributed by atoms with van der Waals surface area (Å²) in [6, 6.07) is 3.84. The Morgan fingerprint density at radius 2 is 2.33 bits per heavy atom. The number of carbonyl (C=O) groups excluding carboxylic acids is 1. The van der Waals surface area contributed by atoms with Crippen molar-refractivity contribution in [1.82, 2.24) is 5.32 Å². The molecule has 0 aromatic carbocycles. The first kappa shape index (κ1) is 11.7. The van der Waals surface area contributed by atoms with Crippen LogP contribution >= 0.6 is 11.3 Å². The van der Waals surface area contributed by atoms with Crippen molar-refractivity contribution in [3.05, 3.63) is 17.0 Å². The number of nitrogens with one attached hydrogen (secondary N) is 2. The van der Waals surface area contributed by atoms with E-state index in [1.807, 2.05) is 5.38 Å². The third kappa shape index (κ3) is 1.92. The van der Waals surface area contributed by atoms with Gasteiger partial charge in [0, 0.05) is 5.92 Å². The third-order valence-electron chi connectivity index (χ3n) is 4.13. The number of rotatable bonds is 2. The maximum Gasteiger partial charge on any atom is 0.228 e. The van der Waals surface area contributed by atoms with Crippen LogP contribution in [0.5, 0.6) is 0 Å². The summed E-state index contributed by atoms with van der Waals surface area (Å²) in [4.78, 5) is 12.2. The molecule has 2 N–H and O–H groups in total. The molecule has 1 aliphatic heterocycles. The molecule has 1 atom stereocenters. The highest BCUT2D eigenvalue weighted by atomic mass is 32.1. The van der Waals surface area contributed by atoms with Gasteiger partial charge in [0.15, 0.2) is 0 Å². The van der Waals surface area contributed by atoms with Gasteiger partial charge in [-0.3, -0.25) is 4.79 Å². The summed E-state index contributed by atoms with van der Waals surface area (Å²) in [5.41, 5.74) is 0.813. The van der Waals surface area contributed by atoms with Crippen LogP contribution in [0.15, 0.2) is 11.4 Å². The van der Waals surface area contributed by atoms with E-state index in [0.29, 0.717) is 10.6 Å². The van der Waals surface area contributed by atoms with Crippen molar-refractivity contribution in [3.63, 3.8) is 0 Å². The summed E-state index contributed by atoms with van der Waals surface area (Å²) >= 11 is 1.42. The fraction of sp³-hybridized carbons (Fsp3) is 0.538. The van der Waals surface area contributed by atoms with E-state index >= 15 is 0 Å². The summed E-state index contributed by atoms with van der Waals surface area (Å²) in [7, 11) is 0. The standard InChI is InChI=1S/C13H15N3OS/c14-8-9-1-6-18-12(9)16-11(17)10-7-13(10)2-4-15-5-3-13/h1,6,10,15H,2-5,7H2,(H,16,17). The van der Waals surface area contributed by atoms with E-state index in [4.69, 9.17) is 5.26 Å². The van der Waals surface area contributed by atoms with Crippen LogP contribution in [0.4, 0.5) is 5.00 Å². The van der Waals surface area contributed by atoms with E-state index in [9.17, 15) is 4.79 Å². The first-order valence-corrected chi connectivity index (χ1v) is 7.12. The van der Waals surface area contributed by atoms with E-state index < -0.39 is 0 Å². The zero-order valence-electron chi connectivity index (χ0n) is 10.0. The Labute approximate surface area is 110 Å². The monoisotopic (exact) mass is 261 g/mol. The Morgan fingerprint density at radius 3 is 3.06 bits per heavy atom. The highest BCUT2D eigenvalue weighted by Gasteiger charge is 2.57. The van der Waals surface area contributed by atoms with Gasteiger partial charge in [0.25, 0.3) is 0 Å². The molecule has 3 rings (SSSR count). The van der Waals surface area contributed by atoms with Crippen LogP contribution in [-0.4, -0.2) is 19.0 Å². The average Bonchev–Trinajstić information content (AvgIpc) is 2.89. The van der Waals surface area contributed by atoms with E-state index in [2.05, 4.69) is 16.7 Å². The van der Waals surface area contributed by atoms with Gasteiger partial charge in [-0.05, 0) is 49.2 Å². The quantitative estimate of drug-likeness (QED) is 0.855. The maximum absolute atomic E-state index is 12.2. The van der Waals surface area contributed by atoms with Crippen molar-refractivity contribution >= 4 is 22.2 Å². The lowest BCUT2D eigenvalue weighted by molar-refractivity contribution is -0.118. The minimum Gasteiger partial charge on any atom is -0.317 e. The summed E-state index contributed by atoms with van der Waals surface area (Å²) in [5.74, 6) is 0.240. The fourth-order valence-corrected chi connectivity index (χ4v) is 3.63. The van der Waals surface area contributed by atoms with Crippen LogP contribution in [-0.2, 0) is 4.79 Å². The number of anilines is 1. The van der Waals surface area contributed by atoms with Crippen molar-refractivity contribution < 1.29 is 4.79 Å². The molecule has 4 nitrogen and oxygen atoms in total. The smallest absolute Gasteiger partial charge is 0.228 e. The third-order valence-corrected chi connectivity index (χ3v) is 4.96. The molecule has 2 fully saturated rings. The van der Waals surface area contributed by atoms with Crippen LogP contribution < -0.4 is 10.6 Å². The first-order chi connectivity index (χ1) is 8.75. The number of carbonyl (C=O) groups is 1. The molecule has 0 radical (unpaired) electrons. The Hall–Kier alpha value is -1.38. The van der Waals surface area contributed by atoms with E-state index in [0.717, 1.165) is 32.4 Å². The molecule has 1 saturated heterocycles. The summed E-state index contributed by atoms with van der Waals surface area (Å²) in [6.45, 7) is 2.04. The van der Waals surface area contributed by atoms with Crippen molar-refractivity contribution in [2.75, 3.05) is 18.4 Å². The molecule has 0 bridgehead atoms. The largest absolute Gasteiger partial charge is 0.317 e. The topological polar surface area (TPSA) is 64.9 Å². The molecule has 18 heavy (non-hydrogen) atoms. The molecule has 2 heterocycles. The van der Waals surface area contributed by atoms with Gasteiger partial charge < -0.3 is 10.6 Å². The average molecular weight is 261 g/mol. The molecule has 94 valence electrons. The minimum absolute atomic E-state index is 0.0934. The highest BCUT2D eigenvalue weighted by molar-refractivity contribution is 7.14. The summed E-state index contributed by atoms with van der Waals surface area (Å²) < 4.78 is 0. The second-order valence-electron chi connectivity index (χ2n) is 5.13. The van der Waals surface area contributed by atoms with Crippen LogP contribution in [0.25, 0.3) is 0 Å². The Kier molecular flexibility index (Phi) is 2.84. The van der Waals surface area contributed by atoms with Gasteiger partial charge >= 0.3 is 0 Å². The summed E-state index contributed by atoms with van der Waals surface area (Å²) in [6.07, 6.45) is 3.20. The Balaban J connectivity index is 1.65. The lowest BCUT2D eigenvalue weighted by atomic mass is 9.92. The first-order valence-electron chi connectivity index (χ1n) is 6.24. The Morgan fingerprint density at radius 1 is 1.56 bits per heavy atom. The van der Waals surface area contributed by atoms with Gasteiger partial charge in [-0.2, -0.15) is 5.26 Å². The van der Waals surface area contributed by atoms with E-state index in [1.54, 1.807) is 6.07 Å². The second-order valence-corrected chi connectivity index (χ2v) is 6.05. The number of thiophene rings is 1. The van der Waals surface area contributed by atoms with Crippen LogP contribution in [0.1, 0.15) is 24.8 Å². The lowest BCUT2D eigenvalue weighted by Crippen LogP contribution is -2.31. The minimum atomic E-state index is 0.0934. The lowest BCUT2D eigenvalue weighted by Gasteiger charge is -2.23. The molecular formula is C13H15N3OS. The SMILES string of the molecule is N#Cc1ccsc1NC(=O)C1CC12CCNCC2. The predicted molar refractivity (Wildman–Crippen MR) is 70.3 cm³/mol. The molecule has 1 unspecified atom stereocenters. The number of hydrogen-bond acceptors (Lipinski definition) is 4. The molecular weight excluding hydrogens is 246 g/mol. The van der Waals surface area contributed by atoms with Crippen molar-refractivity contribution in [3.8, 4) is 6.07 Å². The maximum atomic E-state index is 12.2. The van der Waals surface area contributed by atoms with Crippen LogP contribution in [0.3, 0.4) is 0 Å². The van der Waals surface area contributed by atoms with Gasteiger partial charge in [0.05, 0.1) is 5.56 Å². The normalized spacial score (nSPS) is 24.5. The van der Waals surface area contributed by atoms with Gasteiger partial charge in [0.1, 0.15) is 11.1 Å². The molecule has 1 saturated carbocycles. The van der Waals surface area contributed by atoms with E-state index in [1.165, 1.54) is 11.3 Å². The van der Waals surface area contributed by atoms with Gasteiger partial charge in [-0.25, -0.2) is 0 Å². The fourth-order valence-electron chi connectivity index (χ4n) is 2.89. The molecule has 1 aromatic rings. The molecule has 1 aromatic heterocycles. The molecule has 1 aliphatic carbocycles. The number of hydrogen-bond donors (Lipinski definition) is 2.